The lowest BCUT2D eigenvalue weighted by Gasteiger charge is -2.21. The molecule has 0 bridgehead atoms. The van der Waals surface area contributed by atoms with Crippen LogP contribution in [0.2, 0.25) is 0 Å². The molecule has 3 aromatic rings. The van der Waals surface area contributed by atoms with Crippen molar-refractivity contribution < 1.29 is 4.79 Å². The molecule has 3 rings (SSSR count). The van der Waals surface area contributed by atoms with Crippen molar-refractivity contribution in [1.29, 1.82) is 0 Å². The lowest BCUT2D eigenvalue weighted by atomic mass is 10.0. The number of pyridine rings is 2. The molecule has 1 N–H and O–H groups in total. The smallest absolute Gasteiger partial charge is 0.251 e. The van der Waals surface area contributed by atoms with E-state index >= 15 is 0 Å². The fourth-order valence-corrected chi connectivity index (χ4v) is 3.11. The van der Waals surface area contributed by atoms with Gasteiger partial charge < -0.3 is 10.2 Å². The minimum absolute atomic E-state index is 0.0628. The van der Waals surface area contributed by atoms with Crippen LogP contribution in [0, 0.1) is 13.8 Å². The van der Waals surface area contributed by atoms with Gasteiger partial charge in [0.05, 0.1) is 0 Å². The summed E-state index contributed by atoms with van der Waals surface area (Å²) in [4.78, 5) is 23.6. The molecule has 0 atom stereocenters. The number of carbonyl (C=O) groups excluding carboxylic acids is 1. The molecular formula is C23H26N4O. The summed E-state index contributed by atoms with van der Waals surface area (Å²) in [5.41, 5.74) is 4.89. The third-order valence-corrected chi connectivity index (χ3v) is 4.95. The lowest BCUT2D eigenvalue weighted by molar-refractivity contribution is 0.0950. The van der Waals surface area contributed by atoms with Gasteiger partial charge in [-0.15, -0.1) is 0 Å². The average Bonchev–Trinajstić information content (AvgIpc) is 2.73. The van der Waals surface area contributed by atoms with Crippen molar-refractivity contribution in [1.82, 2.24) is 15.3 Å². The molecule has 0 aliphatic heterocycles. The first kappa shape index (κ1) is 19.5. The van der Waals surface area contributed by atoms with Gasteiger partial charge in [-0.2, -0.15) is 0 Å². The first-order valence-corrected chi connectivity index (χ1v) is 9.45. The minimum Gasteiger partial charge on any atom is -0.359 e. The number of likely N-dealkylation sites (N-methyl/N-ethyl adjacent to an activating group) is 1. The maximum atomic E-state index is 12.6. The molecule has 0 saturated carbocycles. The van der Waals surface area contributed by atoms with Gasteiger partial charge in [-0.05, 0) is 49.2 Å². The van der Waals surface area contributed by atoms with Gasteiger partial charge in [0.2, 0.25) is 0 Å². The summed E-state index contributed by atoms with van der Waals surface area (Å²) in [7, 11) is 2.02. The Morgan fingerprint density at radius 2 is 1.82 bits per heavy atom. The summed E-state index contributed by atoms with van der Waals surface area (Å²) < 4.78 is 0. The molecule has 0 aliphatic carbocycles. The van der Waals surface area contributed by atoms with E-state index in [1.54, 1.807) is 6.20 Å². The third-order valence-electron chi connectivity index (χ3n) is 4.95. The summed E-state index contributed by atoms with van der Waals surface area (Å²) in [6.07, 6.45) is 4.43. The van der Waals surface area contributed by atoms with Gasteiger partial charge in [0.1, 0.15) is 5.82 Å². The van der Waals surface area contributed by atoms with Crippen LogP contribution in [0.25, 0.3) is 0 Å². The average molecular weight is 374 g/mol. The standard InChI is InChI=1S/C23H26N4O/c1-17-8-6-11-21(18(17)2)23(28)26-16-19-9-7-14-25-22(19)27(3)15-12-20-10-4-5-13-24-20/h4-11,13-14H,12,15-16H2,1-3H3,(H,26,28). The SMILES string of the molecule is Cc1cccc(C(=O)NCc2cccnc2N(C)CCc2ccccn2)c1C. The van der Waals surface area contributed by atoms with Crippen LogP contribution in [0.15, 0.2) is 60.9 Å². The fourth-order valence-electron chi connectivity index (χ4n) is 3.11. The molecule has 2 aromatic heterocycles. The van der Waals surface area contributed by atoms with Crippen molar-refractivity contribution >= 4 is 11.7 Å². The maximum Gasteiger partial charge on any atom is 0.251 e. The minimum atomic E-state index is -0.0628. The Labute approximate surface area is 166 Å². The second-order valence-electron chi connectivity index (χ2n) is 6.91. The van der Waals surface area contributed by atoms with E-state index in [9.17, 15) is 4.79 Å². The van der Waals surface area contributed by atoms with E-state index < -0.39 is 0 Å². The monoisotopic (exact) mass is 374 g/mol. The highest BCUT2D eigenvalue weighted by Gasteiger charge is 2.13. The summed E-state index contributed by atoms with van der Waals surface area (Å²) in [5, 5.41) is 3.03. The molecule has 0 fully saturated rings. The van der Waals surface area contributed by atoms with Gasteiger partial charge in [0, 0.05) is 55.8 Å². The van der Waals surface area contributed by atoms with Crippen LogP contribution >= 0.6 is 0 Å². The Morgan fingerprint density at radius 3 is 2.61 bits per heavy atom. The molecule has 1 amide bonds. The highest BCUT2D eigenvalue weighted by Crippen LogP contribution is 2.17. The molecule has 0 radical (unpaired) electrons. The normalized spacial score (nSPS) is 10.5. The van der Waals surface area contributed by atoms with Crippen LogP contribution in [-0.2, 0) is 13.0 Å². The predicted octanol–water partition coefficient (Wildman–Crippen LogP) is 3.70. The van der Waals surface area contributed by atoms with E-state index in [4.69, 9.17) is 0 Å². The second kappa shape index (κ2) is 9.13. The zero-order valence-corrected chi connectivity index (χ0v) is 16.6. The summed E-state index contributed by atoms with van der Waals surface area (Å²) in [6.45, 7) is 5.22. The fraction of sp³-hybridized carbons (Fsp3) is 0.261. The van der Waals surface area contributed by atoms with Crippen LogP contribution in [-0.4, -0.2) is 29.5 Å². The Kier molecular flexibility index (Phi) is 6.37. The number of benzene rings is 1. The Bertz CT molecular complexity index is 940. The largest absolute Gasteiger partial charge is 0.359 e. The predicted molar refractivity (Wildman–Crippen MR) is 113 cm³/mol. The Balaban J connectivity index is 1.66. The summed E-state index contributed by atoms with van der Waals surface area (Å²) in [6, 6.07) is 15.6. The molecule has 28 heavy (non-hydrogen) atoms. The molecule has 1 aromatic carbocycles. The topological polar surface area (TPSA) is 58.1 Å². The quantitative estimate of drug-likeness (QED) is 0.685. The van der Waals surface area contributed by atoms with E-state index in [-0.39, 0.29) is 5.91 Å². The van der Waals surface area contributed by atoms with E-state index in [1.807, 2.05) is 75.6 Å². The first-order valence-electron chi connectivity index (χ1n) is 9.45. The highest BCUT2D eigenvalue weighted by molar-refractivity contribution is 5.95. The van der Waals surface area contributed by atoms with Crippen molar-refractivity contribution in [3.63, 3.8) is 0 Å². The van der Waals surface area contributed by atoms with Gasteiger partial charge >= 0.3 is 0 Å². The lowest BCUT2D eigenvalue weighted by Crippen LogP contribution is -2.27. The third kappa shape index (κ3) is 4.74. The van der Waals surface area contributed by atoms with E-state index in [0.717, 1.165) is 41.2 Å². The molecule has 5 heteroatoms. The van der Waals surface area contributed by atoms with Crippen molar-refractivity contribution in [2.75, 3.05) is 18.5 Å². The van der Waals surface area contributed by atoms with Crippen molar-refractivity contribution in [3.8, 4) is 0 Å². The number of aryl methyl sites for hydroxylation is 1. The number of amides is 1. The zero-order chi connectivity index (χ0) is 19.9. The number of nitrogens with zero attached hydrogens (tertiary/aromatic N) is 3. The van der Waals surface area contributed by atoms with Crippen molar-refractivity contribution in [3.05, 3.63) is 88.9 Å². The van der Waals surface area contributed by atoms with Crippen LogP contribution < -0.4 is 10.2 Å². The number of hydrogen-bond donors (Lipinski definition) is 1. The number of hydrogen-bond acceptors (Lipinski definition) is 4. The summed E-state index contributed by atoms with van der Waals surface area (Å²) >= 11 is 0. The first-order chi connectivity index (χ1) is 13.6. The van der Waals surface area contributed by atoms with Gasteiger partial charge in [-0.1, -0.05) is 24.3 Å². The zero-order valence-electron chi connectivity index (χ0n) is 16.6. The number of anilines is 1. The van der Waals surface area contributed by atoms with Crippen LogP contribution in [0.5, 0.6) is 0 Å². The van der Waals surface area contributed by atoms with Crippen LogP contribution in [0.3, 0.4) is 0 Å². The van der Waals surface area contributed by atoms with E-state index in [0.29, 0.717) is 12.1 Å². The number of rotatable bonds is 7. The molecule has 0 unspecified atom stereocenters. The van der Waals surface area contributed by atoms with Gasteiger partial charge in [-0.3, -0.25) is 9.78 Å². The van der Waals surface area contributed by atoms with Gasteiger partial charge in [0.15, 0.2) is 0 Å². The van der Waals surface area contributed by atoms with Crippen LogP contribution in [0.4, 0.5) is 5.82 Å². The Morgan fingerprint density at radius 1 is 1.00 bits per heavy atom. The molecule has 144 valence electrons. The molecule has 0 spiro atoms. The molecular weight excluding hydrogens is 348 g/mol. The van der Waals surface area contributed by atoms with Crippen molar-refractivity contribution in [2.45, 2.75) is 26.8 Å². The highest BCUT2D eigenvalue weighted by atomic mass is 16.1. The van der Waals surface area contributed by atoms with Crippen molar-refractivity contribution in [2.24, 2.45) is 0 Å². The van der Waals surface area contributed by atoms with Crippen LogP contribution in [0.1, 0.15) is 32.7 Å². The second-order valence-corrected chi connectivity index (χ2v) is 6.91. The van der Waals surface area contributed by atoms with E-state index in [2.05, 4.69) is 20.2 Å². The number of carbonyl (C=O) groups is 1. The van der Waals surface area contributed by atoms with Gasteiger partial charge in [0.25, 0.3) is 5.91 Å². The number of aromatic nitrogens is 2. The molecule has 5 nitrogen and oxygen atoms in total. The maximum absolute atomic E-state index is 12.6. The molecule has 2 heterocycles. The number of nitrogens with one attached hydrogen (secondary N) is 1. The molecule has 0 aliphatic rings. The molecule has 0 saturated heterocycles. The van der Waals surface area contributed by atoms with E-state index in [1.165, 1.54) is 0 Å². The summed E-state index contributed by atoms with van der Waals surface area (Å²) in [5.74, 6) is 0.812. The Hall–Kier alpha value is -3.21. The van der Waals surface area contributed by atoms with Gasteiger partial charge in [-0.25, -0.2) is 4.98 Å².